The molecular formula is C20H18BrFN4O5. The maximum Gasteiger partial charge on any atom is 0.420 e. The Labute approximate surface area is 184 Å². The van der Waals surface area contributed by atoms with E-state index in [0.717, 1.165) is 16.5 Å². The molecule has 1 saturated carbocycles. The summed E-state index contributed by atoms with van der Waals surface area (Å²) in [4.78, 5) is 44.9. The van der Waals surface area contributed by atoms with Crippen molar-refractivity contribution in [1.82, 2.24) is 14.9 Å². The average molecular weight is 493 g/mol. The smallest absolute Gasteiger partial charge is 0.420 e. The van der Waals surface area contributed by atoms with Crippen LogP contribution in [0, 0.1) is 11.7 Å². The van der Waals surface area contributed by atoms with Gasteiger partial charge in [0.2, 0.25) is 0 Å². The van der Waals surface area contributed by atoms with Gasteiger partial charge in [-0.25, -0.2) is 23.9 Å². The summed E-state index contributed by atoms with van der Waals surface area (Å²) in [5.41, 5.74) is 1.23. The summed E-state index contributed by atoms with van der Waals surface area (Å²) < 4.78 is 18.6. The summed E-state index contributed by atoms with van der Waals surface area (Å²) in [5, 5.41) is 12.2. The van der Waals surface area contributed by atoms with Gasteiger partial charge in [-0.2, -0.15) is 0 Å². The van der Waals surface area contributed by atoms with Crippen LogP contribution in [0.1, 0.15) is 41.7 Å². The van der Waals surface area contributed by atoms with E-state index >= 15 is 0 Å². The van der Waals surface area contributed by atoms with Crippen molar-refractivity contribution in [2.75, 3.05) is 5.32 Å². The zero-order valence-corrected chi connectivity index (χ0v) is 17.9. The highest BCUT2D eigenvalue weighted by Crippen LogP contribution is 2.44. The fourth-order valence-electron chi connectivity index (χ4n) is 4.31. The molecule has 11 heteroatoms. The van der Waals surface area contributed by atoms with E-state index in [1.54, 1.807) is 12.3 Å². The van der Waals surface area contributed by atoms with E-state index in [4.69, 9.17) is 4.74 Å². The van der Waals surface area contributed by atoms with Gasteiger partial charge in [-0.15, -0.1) is 0 Å². The highest BCUT2D eigenvalue weighted by molar-refractivity contribution is 9.10. The molecule has 0 bridgehead atoms. The Hall–Kier alpha value is -3.08. The second-order valence-electron chi connectivity index (χ2n) is 7.60. The predicted octanol–water partition coefficient (Wildman–Crippen LogP) is 4.01. The molecule has 0 radical (unpaired) electrons. The van der Waals surface area contributed by atoms with Crippen LogP contribution in [0.2, 0.25) is 0 Å². The molecule has 2 N–H and O–H groups in total. The van der Waals surface area contributed by atoms with E-state index in [1.165, 1.54) is 12.3 Å². The van der Waals surface area contributed by atoms with Gasteiger partial charge < -0.3 is 15.2 Å². The van der Waals surface area contributed by atoms with Crippen molar-refractivity contribution < 1.29 is 28.6 Å². The molecule has 4 atom stereocenters. The minimum absolute atomic E-state index is 0.0204. The number of pyridine rings is 2. The zero-order chi connectivity index (χ0) is 22.3. The van der Waals surface area contributed by atoms with Crippen molar-refractivity contribution in [3.63, 3.8) is 0 Å². The lowest BCUT2D eigenvalue weighted by atomic mass is 9.74. The van der Waals surface area contributed by atoms with Crippen LogP contribution in [0.4, 0.5) is 19.7 Å². The molecular weight excluding hydrogens is 475 g/mol. The molecule has 4 rings (SSSR count). The molecule has 2 aliphatic rings. The molecule has 3 heterocycles. The van der Waals surface area contributed by atoms with E-state index in [2.05, 4.69) is 31.2 Å². The van der Waals surface area contributed by atoms with Crippen molar-refractivity contribution in [3.8, 4) is 0 Å². The number of imide groups is 1. The maximum atomic E-state index is 13.4. The van der Waals surface area contributed by atoms with Crippen LogP contribution in [-0.4, -0.2) is 50.2 Å². The first kappa shape index (κ1) is 21.2. The van der Waals surface area contributed by atoms with Crippen molar-refractivity contribution >= 4 is 39.7 Å². The van der Waals surface area contributed by atoms with E-state index in [1.807, 2.05) is 6.92 Å². The largest absolute Gasteiger partial charge is 0.465 e. The van der Waals surface area contributed by atoms with E-state index in [0.29, 0.717) is 18.5 Å². The van der Waals surface area contributed by atoms with Crippen LogP contribution in [-0.2, 0) is 4.74 Å². The van der Waals surface area contributed by atoms with Crippen LogP contribution in [0.5, 0.6) is 0 Å². The molecule has 162 valence electrons. The van der Waals surface area contributed by atoms with Crippen LogP contribution < -0.4 is 5.32 Å². The Balaban J connectivity index is 1.59. The molecule has 2 aromatic heterocycles. The number of nitrogens with one attached hydrogen (secondary N) is 1. The molecule has 0 spiro atoms. The van der Waals surface area contributed by atoms with Crippen LogP contribution in [0.3, 0.4) is 0 Å². The second kappa shape index (κ2) is 8.22. The first-order valence-corrected chi connectivity index (χ1v) is 10.4. The third-order valence-corrected chi connectivity index (χ3v) is 6.23. The molecule has 1 aliphatic heterocycles. The Morgan fingerprint density at radius 1 is 1.32 bits per heavy atom. The summed E-state index contributed by atoms with van der Waals surface area (Å²) in [6.07, 6.45) is 1.37. The van der Waals surface area contributed by atoms with Gasteiger partial charge in [-0.1, -0.05) is 6.92 Å². The lowest BCUT2D eigenvalue weighted by molar-refractivity contribution is 0.0663. The highest BCUT2D eigenvalue weighted by atomic mass is 79.9. The number of anilines is 1. The number of hydrogen-bond donors (Lipinski definition) is 2. The number of fused-ring (bicyclic) bond motifs is 1. The van der Waals surface area contributed by atoms with Crippen molar-refractivity contribution in [2.45, 2.75) is 37.8 Å². The Morgan fingerprint density at radius 2 is 2.10 bits per heavy atom. The maximum absolute atomic E-state index is 13.4. The summed E-state index contributed by atoms with van der Waals surface area (Å²) >= 11 is 2.96. The van der Waals surface area contributed by atoms with Gasteiger partial charge >= 0.3 is 12.2 Å². The molecule has 0 aromatic carbocycles. The summed E-state index contributed by atoms with van der Waals surface area (Å²) in [7, 11) is 0. The molecule has 31 heavy (non-hydrogen) atoms. The summed E-state index contributed by atoms with van der Waals surface area (Å²) in [6, 6.07) is 3.55. The van der Waals surface area contributed by atoms with E-state index in [-0.39, 0.29) is 22.1 Å². The molecule has 4 unspecified atom stereocenters. The molecule has 1 aliphatic carbocycles. The molecule has 1 saturated heterocycles. The number of rotatable bonds is 3. The van der Waals surface area contributed by atoms with Crippen molar-refractivity contribution in [3.05, 3.63) is 52.3 Å². The SMILES string of the molecule is CC1CC(c2ccncc2NC(=O)c2ccc(F)c(Br)n2)CC2C1OC(=O)N2C(=O)O. The number of carboxylic acid groups (broad SMARTS) is 1. The topological polar surface area (TPSA) is 122 Å². The van der Waals surface area contributed by atoms with Crippen LogP contribution >= 0.6 is 15.9 Å². The number of halogens is 2. The number of carbonyl (C=O) groups is 3. The van der Waals surface area contributed by atoms with Crippen molar-refractivity contribution in [1.29, 1.82) is 0 Å². The predicted molar refractivity (Wildman–Crippen MR) is 109 cm³/mol. The number of aromatic nitrogens is 2. The monoisotopic (exact) mass is 492 g/mol. The van der Waals surface area contributed by atoms with Gasteiger partial charge in [0.05, 0.1) is 17.9 Å². The van der Waals surface area contributed by atoms with Gasteiger partial charge in [0, 0.05) is 6.20 Å². The van der Waals surface area contributed by atoms with Crippen molar-refractivity contribution in [2.24, 2.45) is 5.92 Å². The third kappa shape index (κ3) is 3.97. The van der Waals surface area contributed by atoms with E-state index in [9.17, 15) is 23.9 Å². The molecule has 9 nitrogen and oxygen atoms in total. The Morgan fingerprint density at radius 3 is 2.81 bits per heavy atom. The van der Waals surface area contributed by atoms with Crippen LogP contribution in [0.25, 0.3) is 0 Å². The standard InChI is InChI=1S/C20H18BrFN4O5/c1-9-6-10(7-15-16(9)31-20(30)26(15)19(28)29)11-4-5-23-8-14(11)25-18(27)13-3-2-12(22)17(21)24-13/h2-5,8-10,15-16H,6-7H2,1H3,(H,25,27)(H,28,29). The molecule has 2 aromatic rings. The fraction of sp³-hybridized carbons (Fsp3) is 0.350. The lowest BCUT2D eigenvalue weighted by Gasteiger charge is -2.36. The average Bonchev–Trinajstić information content (AvgIpc) is 3.07. The zero-order valence-electron chi connectivity index (χ0n) is 16.3. The van der Waals surface area contributed by atoms with Gasteiger partial charge in [0.1, 0.15) is 16.4 Å². The Kier molecular flexibility index (Phi) is 5.61. The van der Waals surface area contributed by atoms with Gasteiger partial charge in [0.15, 0.2) is 5.82 Å². The summed E-state index contributed by atoms with van der Waals surface area (Å²) in [5.74, 6) is -1.34. The minimum atomic E-state index is -1.35. The van der Waals surface area contributed by atoms with Crippen LogP contribution in [0.15, 0.2) is 35.2 Å². The number of hydrogen-bond acceptors (Lipinski definition) is 6. The number of carbonyl (C=O) groups excluding carboxylic acids is 2. The van der Waals surface area contributed by atoms with E-state index < -0.39 is 36.1 Å². The first-order chi connectivity index (χ1) is 14.8. The highest BCUT2D eigenvalue weighted by Gasteiger charge is 2.51. The summed E-state index contributed by atoms with van der Waals surface area (Å²) in [6.45, 7) is 1.90. The first-order valence-electron chi connectivity index (χ1n) is 9.56. The lowest BCUT2D eigenvalue weighted by Crippen LogP contribution is -2.46. The quantitative estimate of drug-likeness (QED) is 0.620. The third-order valence-electron chi connectivity index (χ3n) is 5.67. The normalized spacial score (nSPS) is 25.0. The number of ether oxygens (including phenoxy) is 1. The second-order valence-corrected chi connectivity index (χ2v) is 8.35. The minimum Gasteiger partial charge on any atom is -0.465 e. The van der Waals surface area contributed by atoms with Gasteiger partial charge in [-0.05, 0) is 64.4 Å². The number of amides is 3. The molecule has 3 amide bonds. The molecule has 2 fully saturated rings. The Bertz CT molecular complexity index is 1070. The number of nitrogens with zero attached hydrogens (tertiary/aromatic N) is 3. The fourth-order valence-corrected chi connectivity index (χ4v) is 4.63. The van der Waals surface area contributed by atoms with Gasteiger partial charge in [0.25, 0.3) is 5.91 Å². The van der Waals surface area contributed by atoms with Gasteiger partial charge in [-0.3, -0.25) is 9.78 Å².